The number of benzene rings is 1. The van der Waals surface area contributed by atoms with Crippen LogP contribution in [0.3, 0.4) is 0 Å². The van der Waals surface area contributed by atoms with Crippen molar-refractivity contribution >= 4 is 28.9 Å². The zero-order valence-corrected chi connectivity index (χ0v) is 12.2. The molecule has 1 amide bonds. The molecule has 4 nitrogen and oxygen atoms in total. The summed E-state index contributed by atoms with van der Waals surface area (Å²) in [5, 5.41) is 3.29. The smallest absolute Gasteiger partial charge is 0.226 e. The number of nitrogens with one attached hydrogen (secondary N) is 1. The maximum atomic E-state index is 11.7. The van der Waals surface area contributed by atoms with E-state index in [1.54, 1.807) is 18.2 Å². The van der Waals surface area contributed by atoms with E-state index in [0.717, 1.165) is 12.8 Å². The molecule has 0 aromatic heterocycles. The molecule has 106 valence electrons. The van der Waals surface area contributed by atoms with Crippen LogP contribution in [0.1, 0.15) is 33.1 Å². The van der Waals surface area contributed by atoms with Gasteiger partial charge in [0.05, 0.1) is 30.5 Å². The second kappa shape index (κ2) is 8.02. The maximum Gasteiger partial charge on any atom is 0.226 e. The lowest BCUT2D eigenvalue weighted by molar-refractivity contribution is -0.117. The van der Waals surface area contributed by atoms with Crippen molar-refractivity contribution in [3.8, 4) is 0 Å². The largest absolute Gasteiger partial charge is 0.397 e. The minimum atomic E-state index is -0.113. The fourth-order valence-corrected chi connectivity index (χ4v) is 1.88. The molecule has 0 aliphatic carbocycles. The van der Waals surface area contributed by atoms with Gasteiger partial charge in [-0.1, -0.05) is 24.9 Å². The third-order valence-corrected chi connectivity index (χ3v) is 2.95. The Morgan fingerprint density at radius 2 is 2.26 bits per heavy atom. The molecular formula is C14H21ClN2O2. The fourth-order valence-electron chi connectivity index (χ4n) is 1.70. The summed E-state index contributed by atoms with van der Waals surface area (Å²) in [5.74, 6) is -0.113. The predicted octanol–water partition coefficient (Wildman–Crippen LogP) is 3.46. The fraction of sp³-hybridized carbons (Fsp3) is 0.500. The van der Waals surface area contributed by atoms with E-state index in [1.807, 2.05) is 6.92 Å². The van der Waals surface area contributed by atoms with Gasteiger partial charge in [0, 0.05) is 5.02 Å². The van der Waals surface area contributed by atoms with E-state index in [4.69, 9.17) is 22.1 Å². The molecule has 0 saturated carbocycles. The standard InChI is InChI=1S/C14H21ClN2O2/c1-3-4-10(2)19-8-7-14(18)17-13-6-5-11(15)9-12(13)16/h5-6,9-10H,3-4,7-8,16H2,1-2H3,(H,17,18). The molecule has 1 aromatic rings. The average Bonchev–Trinajstić information content (AvgIpc) is 2.33. The maximum absolute atomic E-state index is 11.7. The Bertz CT molecular complexity index is 424. The van der Waals surface area contributed by atoms with E-state index in [9.17, 15) is 4.79 Å². The molecule has 19 heavy (non-hydrogen) atoms. The van der Waals surface area contributed by atoms with Crippen LogP contribution in [0.15, 0.2) is 18.2 Å². The molecule has 0 bridgehead atoms. The first-order valence-corrected chi connectivity index (χ1v) is 6.87. The molecule has 0 aliphatic rings. The number of nitrogen functional groups attached to an aromatic ring is 1. The van der Waals surface area contributed by atoms with Crippen LogP contribution >= 0.6 is 11.6 Å². The van der Waals surface area contributed by atoms with Crippen LogP contribution in [0.2, 0.25) is 5.02 Å². The van der Waals surface area contributed by atoms with E-state index in [0.29, 0.717) is 29.4 Å². The highest BCUT2D eigenvalue weighted by molar-refractivity contribution is 6.31. The van der Waals surface area contributed by atoms with Crippen molar-refractivity contribution < 1.29 is 9.53 Å². The zero-order chi connectivity index (χ0) is 14.3. The summed E-state index contributed by atoms with van der Waals surface area (Å²) in [6, 6.07) is 4.99. The highest BCUT2D eigenvalue weighted by Gasteiger charge is 2.07. The lowest BCUT2D eigenvalue weighted by Gasteiger charge is -2.12. The first kappa shape index (κ1) is 15.8. The Hall–Kier alpha value is -1.26. The lowest BCUT2D eigenvalue weighted by atomic mass is 10.2. The van der Waals surface area contributed by atoms with Gasteiger partial charge in [-0.05, 0) is 31.5 Å². The second-order valence-electron chi connectivity index (χ2n) is 4.50. The molecule has 0 heterocycles. The van der Waals surface area contributed by atoms with Crippen molar-refractivity contribution in [2.75, 3.05) is 17.7 Å². The minimum absolute atomic E-state index is 0.113. The summed E-state index contributed by atoms with van der Waals surface area (Å²) in [4.78, 5) is 11.7. The van der Waals surface area contributed by atoms with Crippen LogP contribution in [0, 0.1) is 0 Å². The van der Waals surface area contributed by atoms with E-state index < -0.39 is 0 Å². The quantitative estimate of drug-likeness (QED) is 0.754. The van der Waals surface area contributed by atoms with Crippen LogP contribution in [0.5, 0.6) is 0 Å². The van der Waals surface area contributed by atoms with Crippen molar-refractivity contribution in [1.29, 1.82) is 0 Å². The van der Waals surface area contributed by atoms with Gasteiger partial charge < -0.3 is 15.8 Å². The Labute approximate surface area is 119 Å². The monoisotopic (exact) mass is 284 g/mol. The second-order valence-corrected chi connectivity index (χ2v) is 4.94. The summed E-state index contributed by atoms with van der Waals surface area (Å²) < 4.78 is 5.53. The number of hydrogen-bond acceptors (Lipinski definition) is 3. The number of rotatable bonds is 7. The number of hydrogen-bond donors (Lipinski definition) is 2. The minimum Gasteiger partial charge on any atom is -0.397 e. The highest BCUT2D eigenvalue weighted by Crippen LogP contribution is 2.22. The van der Waals surface area contributed by atoms with Crippen LogP contribution in [-0.4, -0.2) is 18.6 Å². The summed E-state index contributed by atoms with van der Waals surface area (Å²) >= 11 is 5.79. The first-order chi connectivity index (χ1) is 9.02. The molecule has 1 unspecified atom stereocenters. The van der Waals surface area contributed by atoms with Crippen molar-refractivity contribution in [1.82, 2.24) is 0 Å². The number of anilines is 2. The Morgan fingerprint density at radius 3 is 2.89 bits per heavy atom. The average molecular weight is 285 g/mol. The zero-order valence-electron chi connectivity index (χ0n) is 11.4. The Balaban J connectivity index is 2.35. The van der Waals surface area contributed by atoms with E-state index >= 15 is 0 Å². The highest BCUT2D eigenvalue weighted by atomic mass is 35.5. The van der Waals surface area contributed by atoms with Crippen molar-refractivity contribution in [2.45, 2.75) is 39.2 Å². The molecule has 0 fully saturated rings. The van der Waals surface area contributed by atoms with Crippen LogP contribution in [-0.2, 0) is 9.53 Å². The number of amides is 1. The van der Waals surface area contributed by atoms with Gasteiger partial charge in [-0.15, -0.1) is 0 Å². The van der Waals surface area contributed by atoms with E-state index in [1.165, 1.54) is 0 Å². The molecule has 1 aromatic carbocycles. The summed E-state index contributed by atoms with van der Waals surface area (Å²) in [6.45, 7) is 4.54. The number of ether oxygens (including phenoxy) is 1. The number of halogens is 1. The van der Waals surface area contributed by atoms with E-state index in [-0.39, 0.29) is 12.0 Å². The third-order valence-electron chi connectivity index (χ3n) is 2.71. The SMILES string of the molecule is CCCC(C)OCCC(=O)Nc1ccc(Cl)cc1N. The molecule has 3 N–H and O–H groups in total. The van der Waals surface area contributed by atoms with Crippen molar-refractivity contribution in [3.05, 3.63) is 23.2 Å². The molecule has 0 spiro atoms. The third kappa shape index (κ3) is 5.94. The van der Waals surface area contributed by atoms with Gasteiger partial charge in [-0.2, -0.15) is 0 Å². The predicted molar refractivity (Wildman–Crippen MR) is 79.4 cm³/mol. The number of carbonyl (C=O) groups excluding carboxylic acids is 1. The van der Waals surface area contributed by atoms with Gasteiger partial charge in [-0.25, -0.2) is 0 Å². The molecule has 5 heteroatoms. The van der Waals surface area contributed by atoms with Crippen LogP contribution < -0.4 is 11.1 Å². The molecule has 1 rings (SSSR count). The van der Waals surface area contributed by atoms with Gasteiger partial charge in [0.1, 0.15) is 0 Å². The Kier molecular flexibility index (Phi) is 6.67. The van der Waals surface area contributed by atoms with Gasteiger partial charge in [0.15, 0.2) is 0 Å². The Morgan fingerprint density at radius 1 is 1.53 bits per heavy atom. The topological polar surface area (TPSA) is 64.3 Å². The van der Waals surface area contributed by atoms with Gasteiger partial charge in [0.25, 0.3) is 0 Å². The molecule has 1 atom stereocenters. The molecule has 0 saturated heterocycles. The lowest BCUT2D eigenvalue weighted by Crippen LogP contribution is -2.17. The van der Waals surface area contributed by atoms with Crippen LogP contribution in [0.25, 0.3) is 0 Å². The summed E-state index contributed by atoms with van der Waals surface area (Å²) in [6.07, 6.45) is 2.59. The first-order valence-electron chi connectivity index (χ1n) is 6.49. The van der Waals surface area contributed by atoms with Crippen molar-refractivity contribution in [2.24, 2.45) is 0 Å². The number of carbonyl (C=O) groups is 1. The molecular weight excluding hydrogens is 264 g/mol. The summed E-state index contributed by atoms with van der Waals surface area (Å²) in [7, 11) is 0. The van der Waals surface area contributed by atoms with E-state index in [2.05, 4.69) is 12.2 Å². The molecule has 0 aliphatic heterocycles. The van der Waals surface area contributed by atoms with Gasteiger partial charge >= 0.3 is 0 Å². The van der Waals surface area contributed by atoms with Gasteiger partial charge in [-0.3, -0.25) is 4.79 Å². The normalized spacial score (nSPS) is 12.2. The summed E-state index contributed by atoms with van der Waals surface area (Å²) in [5.41, 5.74) is 6.79. The molecule has 0 radical (unpaired) electrons. The van der Waals surface area contributed by atoms with Crippen molar-refractivity contribution in [3.63, 3.8) is 0 Å². The van der Waals surface area contributed by atoms with Crippen LogP contribution in [0.4, 0.5) is 11.4 Å². The van der Waals surface area contributed by atoms with Gasteiger partial charge in [0.2, 0.25) is 5.91 Å². The number of nitrogens with two attached hydrogens (primary N) is 1.